The summed E-state index contributed by atoms with van der Waals surface area (Å²) in [4.78, 5) is 0. The van der Waals surface area contributed by atoms with Gasteiger partial charge < -0.3 is 20.9 Å². The molecule has 20 heavy (non-hydrogen) atoms. The van der Waals surface area contributed by atoms with E-state index in [-0.39, 0.29) is 12.4 Å². The van der Waals surface area contributed by atoms with Gasteiger partial charge in [-0.15, -0.1) is 0 Å². The predicted octanol–water partition coefficient (Wildman–Crippen LogP) is 3.02. The Morgan fingerprint density at radius 1 is 1.40 bits per heavy atom. The number of nitrogens with two attached hydrogens (primary N) is 1. The Balaban J connectivity index is 2.73. The Hall–Kier alpha value is -1.49. The number of aliphatic hydroxyl groups is 1. The summed E-state index contributed by atoms with van der Waals surface area (Å²) in [5.41, 5.74) is 6.85. The van der Waals surface area contributed by atoms with E-state index in [1.165, 1.54) is 6.07 Å². The highest BCUT2D eigenvalue weighted by Crippen LogP contribution is 2.28. The molecule has 0 saturated carbocycles. The molecule has 4 N–H and O–H groups in total. The van der Waals surface area contributed by atoms with Crippen molar-refractivity contribution in [2.24, 2.45) is 5.92 Å². The molecule has 0 aliphatic heterocycles. The third-order valence-corrected chi connectivity index (χ3v) is 3.26. The van der Waals surface area contributed by atoms with Gasteiger partial charge in [0, 0.05) is 25.3 Å². The van der Waals surface area contributed by atoms with Crippen LogP contribution in [-0.2, 0) is 0 Å². The first-order chi connectivity index (χ1) is 9.62. The van der Waals surface area contributed by atoms with Gasteiger partial charge in [-0.05, 0) is 18.8 Å². The van der Waals surface area contributed by atoms with E-state index in [9.17, 15) is 4.39 Å². The van der Waals surface area contributed by atoms with E-state index in [0.29, 0.717) is 30.4 Å². The molecule has 0 bridgehead atoms. The summed E-state index contributed by atoms with van der Waals surface area (Å²) < 4.78 is 19.0. The minimum absolute atomic E-state index is 0.171. The lowest BCUT2D eigenvalue weighted by Crippen LogP contribution is -2.16. The lowest BCUT2D eigenvalue weighted by Gasteiger charge is -2.17. The molecule has 1 rings (SSSR count). The fourth-order valence-corrected chi connectivity index (χ4v) is 1.93. The lowest BCUT2D eigenvalue weighted by molar-refractivity contribution is 0.258. The molecule has 0 amide bonds. The van der Waals surface area contributed by atoms with Gasteiger partial charge in [0.05, 0.1) is 18.0 Å². The second-order valence-corrected chi connectivity index (χ2v) is 4.89. The van der Waals surface area contributed by atoms with Gasteiger partial charge in [0.2, 0.25) is 0 Å². The molecule has 1 atom stereocenters. The average molecular weight is 284 g/mol. The molecule has 0 aromatic heterocycles. The van der Waals surface area contributed by atoms with E-state index in [1.807, 2.05) is 6.92 Å². The molecular formula is C15H25FN2O2. The number of rotatable bonds is 9. The molecule has 4 nitrogen and oxygen atoms in total. The Labute approximate surface area is 120 Å². The van der Waals surface area contributed by atoms with Crippen molar-refractivity contribution in [1.82, 2.24) is 0 Å². The number of halogens is 1. The van der Waals surface area contributed by atoms with Crippen molar-refractivity contribution in [3.63, 3.8) is 0 Å². The molecule has 0 spiro atoms. The zero-order chi connectivity index (χ0) is 15.0. The van der Waals surface area contributed by atoms with Crippen molar-refractivity contribution in [3.8, 4) is 5.75 Å². The molecule has 0 aliphatic rings. The van der Waals surface area contributed by atoms with Gasteiger partial charge in [0.25, 0.3) is 0 Å². The number of ether oxygens (including phenoxy) is 1. The number of anilines is 2. The van der Waals surface area contributed by atoms with Gasteiger partial charge in [-0.2, -0.15) is 0 Å². The van der Waals surface area contributed by atoms with Gasteiger partial charge in [0.15, 0.2) is 11.6 Å². The van der Waals surface area contributed by atoms with Crippen LogP contribution in [0.2, 0.25) is 0 Å². The Morgan fingerprint density at radius 3 is 2.75 bits per heavy atom. The van der Waals surface area contributed by atoms with E-state index in [0.717, 1.165) is 19.3 Å². The van der Waals surface area contributed by atoms with Crippen LogP contribution in [0.15, 0.2) is 12.1 Å². The lowest BCUT2D eigenvalue weighted by atomic mass is 10.0. The summed E-state index contributed by atoms with van der Waals surface area (Å²) in [6, 6.07) is 2.88. The van der Waals surface area contributed by atoms with Crippen LogP contribution in [0.1, 0.15) is 33.1 Å². The van der Waals surface area contributed by atoms with Crippen LogP contribution in [0.4, 0.5) is 15.8 Å². The van der Waals surface area contributed by atoms with Gasteiger partial charge in [-0.1, -0.05) is 20.3 Å². The second kappa shape index (κ2) is 8.64. The SMILES string of the molecule is CCCOc1cc(NCC(CC)CCO)c(N)cc1F. The van der Waals surface area contributed by atoms with Crippen LogP contribution in [0.5, 0.6) is 5.75 Å². The van der Waals surface area contributed by atoms with E-state index in [2.05, 4.69) is 12.2 Å². The van der Waals surface area contributed by atoms with Gasteiger partial charge in [0.1, 0.15) is 0 Å². The summed E-state index contributed by atoms with van der Waals surface area (Å²) in [7, 11) is 0. The van der Waals surface area contributed by atoms with Crippen LogP contribution < -0.4 is 15.8 Å². The van der Waals surface area contributed by atoms with E-state index in [4.69, 9.17) is 15.6 Å². The smallest absolute Gasteiger partial charge is 0.167 e. The molecule has 0 aliphatic carbocycles. The zero-order valence-electron chi connectivity index (χ0n) is 12.3. The highest BCUT2D eigenvalue weighted by atomic mass is 19.1. The summed E-state index contributed by atoms with van der Waals surface area (Å²) in [6.07, 6.45) is 2.53. The van der Waals surface area contributed by atoms with E-state index in [1.54, 1.807) is 6.07 Å². The number of aliphatic hydroxyl groups excluding tert-OH is 1. The Morgan fingerprint density at radius 2 is 2.15 bits per heavy atom. The maximum absolute atomic E-state index is 13.7. The third kappa shape index (κ3) is 4.89. The van der Waals surface area contributed by atoms with Crippen molar-refractivity contribution < 1.29 is 14.2 Å². The van der Waals surface area contributed by atoms with Gasteiger partial charge in [-0.3, -0.25) is 0 Å². The topological polar surface area (TPSA) is 67.5 Å². The first-order valence-electron chi connectivity index (χ1n) is 7.18. The molecule has 0 radical (unpaired) electrons. The summed E-state index contributed by atoms with van der Waals surface area (Å²) in [5.74, 6) is 0.145. The second-order valence-electron chi connectivity index (χ2n) is 4.89. The Bertz CT molecular complexity index is 413. The number of nitrogen functional groups attached to an aromatic ring is 1. The molecule has 0 saturated heterocycles. The number of benzene rings is 1. The third-order valence-electron chi connectivity index (χ3n) is 3.26. The molecule has 0 heterocycles. The minimum atomic E-state index is -0.441. The maximum atomic E-state index is 13.7. The van der Waals surface area contributed by atoms with Crippen LogP contribution in [0, 0.1) is 11.7 Å². The quantitative estimate of drug-likeness (QED) is 0.610. The zero-order valence-corrected chi connectivity index (χ0v) is 12.3. The van der Waals surface area contributed by atoms with E-state index >= 15 is 0 Å². The number of hydrogen-bond donors (Lipinski definition) is 3. The Kier molecular flexibility index (Phi) is 7.15. The molecular weight excluding hydrogens is 259 g/mol. The molecule has 1 unspecified atom stereocenters. The highest BCUT2D eigenvalue weighted by Gasteiger charge is 2.11. The minimum Gasteiger partial charge on any atom is -0.490 e. The summed E-state index contributed by atoms with van der Waals surface area (Å²) in [6.45, 7) is 5.38. The first kappa shape index (κ1) is 16.6. The van der Waals surface area contributed by atoms with Crippen LogP contribution in [-0.4, -0.2) is 24.9 Å². The fourth-order valence-electron chi connectivity index (χ4n) is 1.93. The molecule has 1 aromatic carbocycles. The van der Waals surface area contributed by atoms with Crippen molar-refractivity contribution in [2.75, 3.05) is 30.8 Å². The van der Waals surface area contributed by atoms with Crippen molar-refractivity contribution in [2.45, 2.75) is 33.1 Å². The molecule has 1 aromatic rings. The van der Waals surface area contributed by atoms with Crippen LogP contribution in [0.25, 0.3) is 0 Å². The average Bonchev–Trinajstić information content (AvgIpc) is 2.43. The summed E-state index contributed by atoms with van der Waals surface area (Å²) in [5, 5.41) is 12.2. The normalized spacial score (nSPS) is 12.2. The molecule has 5 heteroatoms. The molecule has 0 fully saturated rings. The van der Waals surface area contributed by atoms with Crippen LogP contribution >= 0.6 is 0 Å². The van der Waals surface area contributed by atoms with E-state index < -0.39 is 5.82 Å². The fraction of sp³-hybridized carbons (Fsp3) is 0.600. The van der Waals surface area contributed by atoms with Crippen molar-refractivity contribution >= 4 is 11.4 Å². The standard InChI is InChI=1S/C15H25FN2O2/c1-3-7-20-15-9-14(13(17)8-12(15)16)18-10-11(4-2)5-6-19/h8-9,11,18-19H,3-7,10,17H2,1-2H3. The largest absolute Gasteiger partial charge is 0.490 e. The maximum Gasteiger partial charge on any atom is 0.167 e. The number of nitrogens with one attached hydrogen (secondary N) is 1. The van der Waals surface area contributed by atoms with Gasteiger partial charge >= 0.3 is 0 Å². The predicted molar refractivity (Wildman–Crippen MR) is 80.6 cm³/mol. The monoisotopic (exact) mass is 284 g/mol. The molecule has 114 valence electrons. The number of hydrogen-bond acceptors (Lipinski definition) is 4. The summed E-state index contributed by atoms with van der Waals surface area (Å²) >= 11 is 0. The van der Waals surface area contributed by atoms with Crippen molar-refractivity contribution in [3.05, 3.63) is 17.9 Å². The van der Waals surface area contributed by atoms with Crippen molar-refractivity contribution in [1.29, 1.82) is 0 Å². The highest BCUT2D eigenvalue weighted by molar-refractivity contribution is 5.68. The van der Waals surface area contributed by atoms with Gasteiger partial charge in [-0.25, -0.2) is 4.39 Å². The van der Waals surface area contributed by atoms with Crippen LogP contribution in [0.3, 0.4) is 0 Å². The first-order valence-corrected chi connectivity index (χ1v) is 7.18.